The Morgan fingerprint density at radius 2 is 1.90 bits per heavy atom. The van der Waals surface area contributed by atoms with Crippen LogP contribution >= 0.6 is 34.8 Å². The van der Waals surface area contributed by atoms with E-state index in [1.165, 1.54) is 6.20 Å². The Morgan fingerprint density at radius 3 is 2.71 bits per heavy atom. The predicted octanol–water partition coefficient (Wildman–Crippen LogP) is 4.02. The van der Waals surface area contributed by atoms with Gasteiger partial charge < -0.3 is 14.8 Å². The summed E-state index contributed by atoms with van der Waals surface area (Å²) in [6.45, 7) is 0.160. The zero-order chi connectivity index (χ0) is 15.0. The van der Waals surface area contributed by atoms with Crippen molar-refractivity contribution in [1.29, 1.82) is 0 Å². The van der Waals surface area contributed by atoms with Gasteiger partial charge in [0.2, 0.25) is 6.79 Å². The highest BCUT2D eigenvalue weighted by atomic mass is 35.5. The van der Waals surface area contributed by atoms with Crippen molar-refractivity contribution >= 4 is 46.4 Å². The van der Waals surface area contributed by atoms with Gasteiger partial charge in [-0.2, -0.15) is 0 Å². The fraction of sp³-hybridized carbons (Fsp3) is 0.0769. The largest absolute Gasteiger partial charge is 0.454 e. The minimum atomic E-state index is -0.502. The van der Waals surface area contributed by atoms with E-state index in [4.69, 9.17) is 44.3 Å². The van der Waals surface area contributed by atoms with Crippen LogP contribution in [0.4, 0.5) is 5.69 Å². The van der Waals surface area contributed by atoms with Gasteiger partial charge in [-0.25, -0.2) is 4.98 Å². The highest BCUT2D eigenvalue weighted by Gasteiger charge is 2.19. The van der Waals surface area contributed by atoms with Gasteiger partial charge in [-0.1, -0.05) is 34.8 Å². The maximum atomic E-state index is 12.2. The number of fused-ring (bicyclic) bond motifs is 1. The topological polar surface area (TPSA) is 60.5 Å². The van der Waals surface area contributed by atoms with Crippen molar-refractivity contribution in [2.24, 2.45) is 0 Å². The number of halogens is 3. The minimum absolute atomic E-state index is 0.00223. The Kier molecular flexibility index (Phi) is 3.80. The van der Waals surface area contributed by atoms with Crippen LogP contribution in [-0.4, -0.2) is 17.7 Å². The van der Waals surface area contributed by atoms with Crippen molar-refractivity contribution in [3.63, 3.8) is 0 Å². The smallest absolute Gasteiger partial charge is 0.275 e. The molecule has 1 aliphatic heterocycles. The third-order valence-corrected chi connectivity index (χ3v) is 4.00. The number of carbonyl (C=O) groups excluding carboxylic acids is 1. The number of nitrogens with zero attached hydrogens (tertiary/aromatic N) is 1. The van der Waals surface area contributed by atoms with Gasteiger partial charge in [-0.05, 0) is 12.1 Å². The maximum absolute atomic E-state index is 12.2. The highest BCUT2D eigenvalue weighted by molar-refractivity contribution is 6.49. The summed E-state index contributed by atoms with van der Waals surface area (Å²) in [5.74, 6) is 0.678. The van der Waals surface area contributed by atoms with Crippen LogP contribution in [0.15, 0.2) is 24.4 Å². The lowest BCUT2D eigenvalue weighted by molar-refractivity contribution is 0.102. The number of anilines is 1. The van der Waals surface area contributed by atoms with Crippen LogP contribution in [0, 0.1) is 0 Å². The number of rotatable bonds is 2. The number of pyridine rings is 1. The Hall–Kier alpha value is -1.69. The molecule has 0 spiro atoms. The molecule has 0 unspecified atom stereocenters. The molecule has 0 radical (unpaired) electrons. The highest BCUT2D eigenvalue weighted by Crippen LogP contribution is 2.35. The molecule has 0 aliphatic carbocycles. The average molecular weight is 346 g/mol. The molecule has 0 fully saturated rings. The molecule has 3 rings (SSSR count). The summed E-state index contributed by atoms with van der Waals surface area (Å²) >= 11 is 17.6. The predicted molar refractivity (Wildman–Crippen MR) is 79.8 cm³/mol. The quantitative estimate of drug-likeness (QED) is 0.893. The van der Waals surface area contributed by atoms with Gasteiger partial charge >= 0.3 is 0 Å². The van der Waals surface area contributed by atoms with Crippen molar-refractivity contribution in [3.8, 4) is 11.5 Å². The van der Waals surface area contributed by atoms with E-state index in [0.29, 0.717) is 17.2 Å². The summed E-state index contributed by atoms with van der Waals surface area (Å²) in [4.78, 5) is 16.1. The average Bonchev–Trinajstić information content (AvgIpc) is 2.92. The van der Waals surface area contributed by atoms with Gasteiger partial charge in [0.1, 0.15) is 5.69 Å². The van der Waals surface area contributed by atoms with Crippen molar-refractivity contribution in [1.82, 2.24) is 4.98 Å². The van der Waals surface area contributed by atoms with Crippen LogP contribution in [-0.2, 0) is 0 Å². The van der Waals surface area contributed by atoms with E-state index in [2.05, 4.69) is 10.3 Å². The Labute approximate surface area is 134 Å². The summed E-state index contributed by atoms with van der Waals surface area (Å²) in [7, 11) is 0. The second-order valence-corrected chi connectivity index (χ2v) is 5.27. The molecule has 0 atom stereocenters. The van der Waals surface area contributed by atoms with Crippen molar-refractivity contribution in [2.45, 2.75) is 0 Å². The molecule has 1 N–H and O–H groups in total. The van der Waals surface area contributed by atoms with E-state index in [1.54, 1.807) is 18.2 Å². The van der Waals surface area contributed by atoms with Gasteiger partial charge in [0.15, 0.2) is 11.5 Å². The second kappa shape index (κ2) is 5.60. The van der Waals surface area contributed by atoms with E-state index >= 15 is 0 Å². The number of nitrogens with one attached hydrogen (secondary N) is 1. The summed E-state index contributed by atoms with van der Waals surface area (Å²) in [6, 6.07) is 5.02. The third kappa shape index (κ3) is 2.72. The second-order valence-electron chi connectivity index (χ2n) is 4.10. The van der Waals surface area contributed by atoms with Crippen LogP contribution < -0.4 is 14.8 Å². The fourth-order valence-electron chi connectivity index (χ4n) is 1.77. The van der Waals surface area contributed by atoms with Gasteiger partial charge in [-0.3, -0.25) is 4.79 Å². The number of hydrogen-bond donors (Lipinski definition) is 1. The summed E-state index contributed by atoms with van der Waals surface area (Å²) in [5.41, 5.74) is 0.511. The first-order valence-electron chi connectivity index (χ1n) is 5.77. The van der Waals surface area contributed by atoms with Crippen LogP contribution in [0.5, 0.6) is 11.5 Å². The zero-order valence-corrected chi connectivity index (χ0v) is 12.6. The van der Waals surface area contributed by atoms with Crippen molar-refractivity contribution < 1.29 is 14.3 Å². The lowest BCUT2D eigenvalue weighted by Crippen LogP contribution is -2.14. The van der Waals surface area contributed by atoms with Crippen LogP contribution in [0.1, 0.15) is 10.5 Å². The van der Waals surface area contributed by atoms with Gasteiger partial charge in [-0.15, -0.1) is 0 Å². The number of amides is 1. The molecular formula is C13H7Cl3N2O3. The van der Waals surface area contributed by atoms with Gasteiger partial charge in [0, 0.05) is 18.0 Å². The van der Waals surface area contributed by atoms with Crippen molar-refractivity contribution in [2.75, 3.05) is 12.1 Å². The molecule has 8 heteroatoms. The summed E-state index contributed by atoms with van der Waals surface area (Å²) in [6.07, 6.45) is 1.27. The summed E-state index contributed by atoms with van der Waals surface area (Å²) < 4.78 is 10.4. The van der Waals surface area contributed by atoms with Crippen LogP contribution in [0.25, 0.3) is 0 Å². The van der Waals surface area contributed by atoms with E-state index in [0.717, 1.165) is 0 Å². The molecular weight excluding hydrogens is 339 g/mol. The molecule has 108 valence electrons. The first-order valence-corrected chi connectivity index (χ1v) is 6.90. The van der Waals surface area contributed by atoms with E-state index in [-0.39, 0.29) is 27.6 Å². The van der Waals surface area contributed by atoms with Crippen LogP contribution in [0.2, 0.25) is 15.1 Å². The van der Waals surface area contributed by atoms with Gasteiger partial charge in [0.25, 0.3) is 5.91 Å². The number of carbonyl (C=O) groups is 1. The SMILES string of the molecule is O=C(Nc1ccc2c(c1)OCO2)c1ncc(Cl)c(Cl)c1Cl. The molecule has 1 aromatic heterocycles. The standard InChI is InChI=1S/C13H7Cl3N2O3/c14-7-4-17-12(11(16)10(7)15)13(19)18-6-1-2-8-9(3-6)21-5-20-8/h1-4H,5H2,(H,18,19). The monoisotopic (exact) mass is 344 g/mol. The Bertz CT molecular complexity index is 737. The zero-order valence-electron chi connectivity index (χ0n) is 10.3. The molecule has 0 saturated heterocycles. The minimum Gasteiger partial charge on any atom is -0.454 e. The summed E-state index contributed by atoms with van der Waals surface area (Å²) in [5, 5.41) is 2.92. The van der Waals surface area contributed by atoms with Crippen LogP contribution in [0.3, 0.4) is 0 Å². The lowest BCUT2D eigenvalue weighted by Gasteiger charge is -2.08. The molecule has 1 aliphatic rings. The van der Waals surface area contributed by atoms with E-state index < -0.39 is 5.91 Å². The number of aromatic nitrogens is 1. The number of benzene rings is 1. The van der Waals surface area contributed by atoms with Crippen molar-refractivity contribution in [3.05, 3.63) is 45.2 Å². The molecule has 0 saturated carbocycles. The van der Waals surface area contributed by atoms with E-state index in [1.807, 2.05) is 0 Å². The molecule has 1 aromatic carbocycles. The molecule has 21 heavy (non-hydrogen) atoms. The molecule has 1 amide bonds. The first-order chi connectivity index (χ1) is 10.1. The fourth-order valence-corrected chi connectivity index (χ4v) is 2.33. The third-order valence-electron chi connectivity index (χ3n) is 2.76. The normalized spacial score (nSPS) is 12.3. The molecule has 5 nitrogen and oxygen atoms in total. The number of ether oxygens (including phenoxy) is 2. The number of hydrogen-bond acceptors (Lipinski definition) is 4. The van der Waals surface area contributed by atoms with Gasteiger partial charge in [0.05, 0.1) is 15.1 Å². The van der Waals surface area contributed by atoms with E-state index in [9.17, 15) is 4.79 Å². The first kappa shape index (κ1) is 14.3. The lowest BCUT2D eigenvalue weighted by atomic mass is 10.2. The molecule has 2 aromatic rings. The molecule has 2 heterocycles. The Morgan fingerprint density at radius 1 is 1.14 bits per heavy atom. The molecule has 0 bridgehead atoms. The Balaban J connectivity index is 1.85. The maximum Gasteiger partial charge on any atom is 0.275 e.